The van der Waals surface area contributed by atoms with Crippen molar-refractivity contribution in [2.45, 2.75) is 0 Å². The van der Waals surface area contributed by atoms with Crippen LogP contribution >= 0.6 is 46.4 Å². The van der Waals surface area contributed by atoms with Gasteiger partial charge in [0.25, 0.3) is 0 Å². The summed E-state index contributed by atoms with van der Waals surface area (Å²) in [7, 11) is 0. The van der Waals surface area contributed by atoms with Crippen molar-refractivity contribution < 1.29 is 0 Å². The van der Waals surface area contributed by atoms with Gasteiger partial charge in [-0.1, -0.05) is 65.1 Å². The van der Waals surface area contributed by atoms with Crippen molar-refractivity contribution in [3.8, 4) is 0 Å². The monoisotopic (exact) mass is 510 g/mol. The van der Waals surface area contributed by atoms with E-state index in [2.05, 4.69) is 27.2 Å². The third-order valence-corrected chi connectivity index (χ3v) is 6.22. The Bertz CT molecular complexity index is 960. The summed E-state index contributed by atoms with van der Waals surface area (Å²) in [5, 5.41) is 8.74. The molecule has 0 amide bonds. The van der Waals surface area contributed by atoms with E-state index >= 15 is 0 Å². The molecule has 6 nitrogen and oxygen atoms in total. The third kappa shape index (κ3) is 4.94. The second-order valence-corrected chi connectivity index (χ2v) is 8.96. The zero-order chi connectivity index (χ0) is 22.7. The molecule has 2 aromatic rings. The predicted octanol–water partition coefficient (Wildman–Crippen LogP) is 5.09. The van der Waals surface area contributed by atoms with E-state index in [9.17, 15) is 0 Å². The molecule has 2 N–H and O–H groups in total. The maximum atomic E-state index is 6.52. The van der Waals surface area contributed by atoms with Gasteiger partial charge in [-0.2, -0.15) is 0 Å². The number of para-hydroxylation sites is 2. The molecule has 32 heavy (non-hydrogen) atoms. The van der Waals surface area contributed by atoms with Gasteiger partial charge in [0, 0.05) is 26.2 Å². The van der Waals surface area contributed by atoms with E-state index < -0.39 is 0 Å². The van der Waals surface area contributed by atoms with Gasteiger partial charge >= 0.3 is 0 Å². The maximum absolute atomic E-state index is 6.52. The molecule has 10 heteroatoms. The molecule has 2 heterocycles. The minimum absolute atomic E-state index is 0.432. The molecule has 0 aliphatic carbocycles. The predicted molar refractivity (Wildman–Crippen MR) is 137 cm³/mol. The van der Waals surface area contributed by atoms with Crippen molar-refractivity contribution in [3.63, 3.8) is 0 Å². The van der Waals surface area contributed by atoms with Crippen LogP contribution in [0.2, 0.25) is 20.1 Å². The van der Waals surface area contributed by atoms with Gasteiger partial charge < -0.3 is 20.4 Å². The largest absolute Gasteiger partial charge is 0.354 e. The Hall–Kier alpha value is -2.12. The van der Waals surface area contributed by atoms with Crippen LogP contribution in [-0.4, -0.2) is 51.2 Å². The smallest absolute Gasteiger partial charge is 0.199 e. The van der Waals surface area contributed by atoms with Crippen LogP contribution in [0.25, 0.3) is 0 Å². The Morgan fingerprint density at radius 2 is 1.12 bits per heavy atom. The topological polar surface area (TPSA) is 55.3 Å². The molecular formula is C22H22Cl4N6. The number of rotatable bonds is 6. The fourth-order valence-electron chi connectivity index (χ4n) is 3.64. The van der Waals surface area contributed by atoms with Gasteiger partial charge in [-0.3, -0.25) is 9.98 Å². The number of halogens is 4. The summed E-state index contributed by atoms with van der Waals surface area (Å²) in [6.07, 6.45) is 0. The standard InChI is InChI=1S/C22H22Cl4N6/c1-14(12-31(21-27-8-9-28-21)19-15(23)4-2-5-16(19)24)13-32(22-29-10-11-30-22)20-17(25)6-3-7-18(20)26/h2-7H,1,8-13H2,(H,27,28)(H,29,30). The van der Waals surface area contributed by atoms with Crippen molar-refractivity contribution in [1.82, 2.24) is 10.6 Å². The van der Waals surface area contributed by atoms with E-state index in [-0.39, 0.29) is 0 Å². The second-order valence-electron chi connectivity index (χ2n) is 7.33. The van der Waals surface area contributed by atoms with Crippen LogP contribution in [0.3, 0.4) is 0 Å². The first-order valence-electron chi connectivity index (χ1n) is 10.1. The van der Waals surface area contributed by atoms with Crippen LogP contribution in [0.4, 0.5) is 11.4 Å². The van der Waals surface area contributed by atoms with E-state index in [1.165, 1.54) is 0 Å². The summed E-state index contributed by atoms with van der Waals surface area (Å²) in [5.41, 5.74) is 2.23. The molecule has 0 saturated carbocycles. The number of hydrogen-bond donors (Lipinski definition) is 2. The zero-order valence-corrected chi connectivity index (χ0v) is 20.2. The van der Waals surface area contributed by atoms with Crippen LogP contribution in [-0.2, 0) is 0 Å². The quantitative estimate of drug-likeness (QED) is 0.530. The summed E-state index contributed by atoms with van der Waals surface area (Å²) in [6, 6.07) is 10.9. The Balaban J connectivity index is 1.64. The van der Waals surface area contributed by atoms with Gasteiger partial charge in [0.15, 0.2) is 11.9 Å². The van der Waals surface area contributed by atoms with Crippen molar-refractivity contribution in [3.05, 3.63) is 68.6 Å². The van der Waals surface area contributed by atoms with E-state index in [0.717, 1.165) is 18.7 Å². The highest BCUT2D eigenvalue weighted by molar-refractivity contribution is 6.40. The number of nitrogens with one attached hydrogen (secondary N) is 2. The number of aliphatic imine (C=N–C) groups is 2. The van der Waals surface area contributed by atoms with Crippen LogP contribution in [0.1, 0.15) is 0 Å². The van der Waals surface area contributed by atoms with Crippen LogP contribution in [0.5, 0.6) is 0 Å². The Morgan fingerprint density at radius 1 is 0.750 bits per heavy atom. The molecular weight excluding hydrogens is 490 g/mol. The number of guanidine groups is 2. The first kappa shape index (κ1) is 23.1. The SMILES string of the molecule is C=C(CN(C1=NCCN1)c1c(Cl)cccc1Cl)CN(C1=NCCN1)c1c(Cl)cccc1Cl. The average Bonchev–Trinajstić information content (AvgIpc) is 3.46. The van der Waals surface area contributed by atoms with E-state index in [1.807, 2.05) is 21.9 Å². The number of benzene rings is 2. The van der Waals surface area contributed by atoms with E-state index in [1.54, 1.807) is 24.3 Å². The van der Waals surface area contributed by atoms with Crippen molar-refractivity contribution >= 4 is 69.7 Å². The summed E-state index contributed by atoms with van der Waals surface area (Å²) >= 11 is 26.1. The van der Waals surface area contributed by atoms with Gasteiger partial charge in [0.05, 0.1) is 44.6 Å². The van der Waals surface area contributed by atoms with Crippen LogP contribution in [0, 0.1) is 0 Å². The van der Waals surface area contributed by atoms with Gasteiger partial charge in [0.1, 0.15) is 0 Å². The summed E-state index contributed by atoms with van der Waals surface area (Å²) < 4.78 is 0. The molecule has 0 aromatic heterocycles. The van der Waals surface area contributed by atoms with Gasteiger partial charge in [-0.05, 0) is 29.8 Å². The molecule has 0 spiro atoms. The number of nitrogens with zero attached hydrogens (tertiary/aromatic N) is 4. The molecule has 168 valence electrons. The zero-order valence-electron chi connectivity index (χ0n) is 17.2. The molecule has 0 radical (unpaired) electrons. The summed E-state index contributed by atoms with van der Waals surface area (Å²) in [5.74, 6) is 1.42. The molecule has 4 rings (SSSR count). The van der Waals surface area contributed by atoms with E-state index in [0.29, 0.717) is 69.6 Å². The molecule has 0 fully saturated rings. The number of anilines is 2. The van der Waals surface area contributed by atoms with Crippen molar-refractivity contribution in [2.75, 3.05) is 49.1 Å². The molecule has 2 aliphatic rings. The van der Waals surface area contributed by atoms with Gasteiger partial charge in [-0.15, -0.1) is 0 Å². The Labute approximate surface area is 207 Å². The second kappa shape index (κ2) is 10.2. The first-order valence-corrected chi connectivity index (χ1v) is 11.6. The Kier molecular flexibility index (Phi) is 7.36. The highest BCUT2D eigenvalue weighted by Gasteiger charge is 2.26. The van der Waals surface area contributed by atoms with Gasteiger partial charge in [-0.25, -0.2) is 0 Å². The molecule has 0 atom stereocenters. The minimum Gasteiger partial charge on any atom is -0.354 e. The summed E-state index contributed by atoms with van der Waals surface area (Å²) in [4.78, 5) is 13.1. The lowest BCUT2D eigenvalue weighted by Crippen LogP contribution is -2.44. The lowest BCUT2D eigenvalue weighted by Gasteiger charge is -2.31. The first-order chi connectivity index (χ1) is 15.5. The lowest BCUT2D eigenvalue weighted by molar-refractivity contribution is 0.916. The van der Waals surface area contributed by atoms with E-state index in [4.69, 9.17) is 46.4 Å². The van der Waals surface area contributed by atoms with Gasteiger partial charge in [0.2, 0.25) is 0 Å². The average molecular weight is 512 g/mol. The molecule has 2 aliphatic heterocycles. The molecule has 0 unspecified atom stereocenters. The highest BCUT2D eigenvalue weighted by atomic mass is 35.5. The molecule has 0 bridgehead atoms. The van der Waals surface area contributed by atoms with Crippen molar-refractivity contribution in [2.24, 2.45) is 9.98 Å². The minimum atomic E-state index is 0.432. The van der Waals surface area contributed by atoms with Crippen LogP contribution < -0.4 is 20.4 Å². The maximum Gasteiger partial charge on any atom is 0.199 e. The molecule has 2 aromatic carbocycles. The number of hydrogen-bond acceptors (Lipinski definition) is 6. The van der Waals surface area contributed by atoms with Crippen molar-refractivity contribution in [1.29, 1.82) is 0 Å². The fraction of sp³-hybridized carbons (Fsp3) is 0.273. The normalized spacial score (nSPS) is 15.0. The highest BCUT2D eigenvalue weighted by Crippen LogP contribution is 2.36. The molecule has 0 saturated heterocycles. The Morgan fingerprint density at radius 3 is 1.44 bits per heavy atom. The lowest BCUT2D eigenvalue weighted by atomic mass is 10.2. The summed E-state index contributed by atoms with van der Waals surface area (Å²) in [6.45, 7) is 8.06. The third-order valence-electron chi connectivity index (χ3n) is 5.00. The van der Waals surface area contributed by atoms with Crippen LogP contribution in [0.15, 0.2) is 58.5 Å². The fourth-order valence-corrected chi connectivity index (χ4v) is 4.85.